The molecular formula is C18H31N3. The molecule has 1 unspecified atom stereocenters. The third-order valence-corrected chi connectivity index (χ3v) is 4.36. The van der Waals surface area contributed by atoms with E-state index >= 15 is 0 Å². The van der Waals surface area contributed by atoms with Crippen molar-refractivity contribution in [3.63, 3.8) is 0 Å². The summed E-state index contributed by atoms with van der Waals surface area (Å²) >= 11 is 0. The molecule has 1 aliphatic rings. The summed E-state index contributed by atoms with van der Waals surface area (Å²) in [5, 5.41) is 0. The molecule has 1 heterocycles. The number of nitrogens with two attached hydrogens (primary N) is 1. The first-order valence-electron chi connectivity index (χ1n) is 8.37. The number of aryl methyl sites for hydroxylation is 1. The molecule has 0 amide bonds. The summed E-state index contributed by atoms with van der Waals surface area (Å²) in [5.74, 6) is 0.760. The van der Waals surface area contributed by atoms with Crippen LogP contribution in [0.3, 0.4) is 0 Å². The molecule has 0 saturated carbocycles. The van der Waals surface area contributed by atoms with Crippen molar-refractivity contribution in [3.05, 3.63) is 35.4 Å². The fourth-order valence-electron chi connectivity index (χ4n) is 3.05. The average Bonchev–Trinajstić information content (AvgIpc) is 2.49. The predicted molar refractivity (Wildman–Crippen MR) is 90.5 cm³/mol. The van der Waals surface area contributed by atoms with E-state index < -0.39 is 0 Å². The molecule has 2 N–H and O–H groups in total. The molecule has 1 aliphatic heterocycles. The Hall–Kier alpha value is -0.900. The minimum Gasteiger partial charge on any atom is -0.323 e. The summed E-state index contributed by atoms with van der Waals surface area (Å²) in [6.07, 6.45) is 1.09. The van der Waals surface area contributed by atoms with Gasteiger partial charge in [-0.3, -0.25) is 4.90 Å². The molecule has 3 heteroatoms. The van der Waals surface area contributed by atoms with Gasteiger partial charge < -0.3 is 10.6 Å². The quantitative estimate of drug-likeness (QED) is 0.873. The first kappa shape index (κ1) is 16.5. The van der Waals surface area contributed by atoms with Gasteiger partial charge in [-0.1, -0.05) is 45.0 Å². The van der Waals surface area contributed by atoms with Crippen LogP contribution >= 0.6 is 0 Å². The second kappa shape index (κ2) is 7.92. The molecule has 1 saturated heterocycles. The van der Waals surface area contributed by atoms with E-state index in [1.165, 1.54) is 30.8 Å². The minimum absolute atomic E-state index is 0.132. The van der Waals surface area contributed by atoms with Gasteiger partial charge in [0, 0.05) is 45.3 Å². The van der Waals surface area contributed by atoms with Crippen molar-refractivity contribution in [3.8, 4) is 0 Å². The van der Waals surface area contributed by atoms with Gasteiger partial charge in [0.15, 0.2) is 0 Å². The van der Waals surface area contributed by atoms with Crippen molar-refractivity contribution in [1.82, 2.24) is 9.80 Å². The molecule has 0 spiro atoms. The zero-order valence-electron chi connectivity index (χ0n) is 13.9. The molecule has 0 aromatic heterocycles. The smallest absolute Gasteiger partial charge is 0.0424 e. The molecule has 118 valence electrons. The summed E-state index contributed by atoms with van der Waals surface area (Å²) in [6, 6.07) is 8.93. The topological polar surface area (TPSA) is 32.5 Å². The predicted octanol–water partition coefficient (Wildman–Crippen LogP) is 2.52. The van der Waals surface area contributed by atoms with Gasteiger partial charge in [-0.05, 0) is 23.5 Å². The molecule has 2 rings (SSSR count). The lowest BCUT2D eigenvalue weighted by atomic mass is 10.0. The van der Waals surface area contributed by atoms with Crippen molar-refractivity contribution in [2.24, 2.45) is 11.7 Å². The number of benzene rings is 1. The Kier molecular flexibility index (Phi) is 6.22. The first-order valence-corrected chi connectivity index (χ1v) is 8.37. The summed E-state index contributed by atoms with van der Waals surface area (Å²) in [5.41, 5.74) is 9.02. The number of hydrogen-bond donors (Lipinski definition) is 1. The molecule has 1 fully saturated rings. The van der Waals surface area contributed by atoms with Gasteiger partial charge in [-0.25, -0.2) is 0 Å². The van der Waals surface area contributed by atoms with E-state index in [9.17, 15) is 0 Å². The maximum atomic E-state index is 6.38. The fraction of sp³-hybridized carbons (Fsp3) is 0.667. The van der Waals surface area contributed by atoms with E-state index in [2.05, 4.69) is 54.8 Å². The largest absolute Gasteiger partial charge is 0.323 e. The van der Waals surface area contributed by atoms with Crippen molar-refractivity contribution >= 4 is 0 Å². The molecule has 3 nitrogen and oxygen atoms in total. The number of rotatable bonds is 6. The number of nitrogens with zero attached hydrogens (tertiary/aromatic N) is 2. The Labute approximate surface area is 130 Å². The lowest BCUT2D eigenvalue weighted by Crippen LogP contribution is -2.49. The van der Waals surface area contributed by atoms with Crippen LogP contribution in [0.5, 0.6) is 0 Å². The zero-order chi connectivity index (χ0) is 15.2. The normalized spacial score (nSPS) is 19.1. The summed E-state index contributed by atoms with van der Waals surface area (Å²) in [7, 11) is 0. The minimum atomic E-state index is 0.132. The molecule has 0 bridgehead atoms. The van der Waals surface area contributed by atoms with Crippen molar-refractivity contribution < 1.29 is 0 Å². The van der Waals surface area contributed by atoms with Crippen LogP contribution in [0.25, 0.3) is 0 Å². The second-order valence-corrected chi connectivity index (χ2v) is 6.70. The van der Waals surface area contributed by atoms with E-state index in [1.807, 2.05) is 0 Å². The molecule has 1 aromatic rings. The van der Waals surface area contributed by atoms with Crippen molar-refractivity contribution in [1.29, 1.82) is 0 Å². The van der Waals surface area contributed by atoms with E-state index in [4.69, 9.17) is 5.73 Å². The Balaban J connectivity index is 1.79. The van der Waals surface area contributed by atoms with Gasteiger partial charge in [-0.15, -0.1) is 0 Å². The van der Waals surface area contributed by atoms with Crippen LogP contribution in [-0.4, -0.2) is 49.1 Å². The molecule has 0 radical (unpaired) electrons. The van der Waals surface area contributed by atoms with E-state index in [0.717, 1.165) is 32.0 Å². The van der Waals surface area contributed by atoms with Crippen LogP contribution in [-0.2, 0) is 6.42 Å². The van der Waals surface area contributed by atoms with Gasteiger partial charge in [0.05, 0.1) is 0 Å². The summed E-state index contributed by atoms with van der Waals surface area (Å²) in [4.78, 5) is 5.08. The third-order valence-electron chi connectivity index (χ3n) is 4.36. The maximum absolute atomic E-state index is 6.38. The fourth-order valence-corrected chi connectivity index (χ4v) is 3.05. The molecule has 1 aromatic carbocycles. The average molecular weight is 289 g/mol. The van der Waals surface area contributed by atoms with Gasteiger partial charge >= 0.3 is 0 Å². The van der Waals surface area contributed by atoms with Crippen LogP contribution in [0.15, 0.2) is 24.3 Å². The number of piperazine rings is 1. The number of hydrogen-bond acceptors (Lipinski definition) is 3. The molecular weight excluding hydrogens is 258 g/mol. The maximum Gasteiger partial charge on any atom is 0.0424 e. The van der Waals surface area contributed by atoms with Crippen LogP contribution in [0, 0.1) is 5.92 Å². The van der Waals surface area contributed by atoms with Gasteiger partial charge in [0.25, 0.3) is 0 Å². The Morgan fingerprint density at radius 1 is 0.952 bits per heavy atom. The Morgan fingerprint density at radius 2 is 1.48 bits per heavy atom. The van der Waals surface area contributed by atoms with Crippen molar-refractivity contribution in [2.45, 2.75) is 33.2 Å². The van der Waals surface area contributed by atoms with Crippen LogP contribution < -0.4 is 5.73 Å². The SMILES string of the molecule is CCc1ccc(C(N)CN2CCN(CC(C)C)CC2)cc1. The highest BCUT2D eigenvalue weighted by molar-refractivity contribution is 5.25. The standard InChI is InChI=1S/C18H31N3/c1-4-16-5-7-17(8-6-16)18(19)14-21-11-9-20(10-12-21)13-15(2)3/h5-8,15,18H,4,9-14,19H2,1-3H3. The first-order chi connectivity index (χ1) is 10.1. The monoisotopic (exact) mass is 289 g/mol. The van der Waals surface area contributed by atoms with Crippen LogP contribution in [0.1, 0.15) is 37.9 Å². The third kappa shape index (κ3) is 5.10. The second-order valence-electron chi connectivity index (χ2n) is 6.70. The van der Waals surface area contributed by atoms with E-state index in [1.54, 1.807) is 0 Å². The lowest BCUT2D eigenvalue weighted by molar-refractivity contribution is 0.117. The van der Waals surface area contributed by atoms with Crippen LogP contribution in [0.4, 0.5) is 0 Å². The highest BCUT2D eigenvalue weighted by Gasteiger charge is 2.19. The van der Waals surface area contributed by atoms with Crippen LogP contribution in [0.2, 0.25) is 0 Å². The van der Waals surface area contributed by atoms with E-state index in [0.29, 0.717) is 0 Å². The zero-order valence-corrected chi connectivity index (χ0v) is 13.9. The van der Waals surface area contributed by atoms with Gasteiger partial charge in [0.2, 0.25) is 0 Å². The lowest BCUT2D eigenvalue weighted by Gasteiger charge is -2.36. The van der Waals surface area contributed by atoms with E-state index in [-0.39, 0.29) is 6.04 Å². The Morgan fingerprint density at radius 3 is 1.95 bits per heavy atom. The molecule has 0 aliphatic carbocycles. The Bertz CT molecular complexity index is 405. The molecule has 21 heavy (non-hydrogen) atoms. The summed E-state index contributed by atoms with van der Waals surface area (Å²) in [6.45, 7) is 13.6. The molecule has 1 atom stereocenters. The van der Waals surface area contributed by atoms with Gasteiger partial charge in [-0.2, -0.15) is 0 Å². The summed E-state index contributed by atoms with van der Waals surface area (Å²) < 4.78 is 0. The van der Waals surface area contributed by atoms with Gasteiger partial charge in [0.1, 0.15) is 0 Å². The highest BCUT2D eigenvalue weighted by atomic mass is 15.3. The highest BCUT2D eigenvalue weighted by Crippen LogP contribution is 2.15. The van der Waals surface area contributed by atoms with Crippen molar-refractivity contribution in [2.75, 3.05) is 39.3 Å².